The van der Waals surface area contributed by atoms with Crippen molar-refractivity contribution < 1.29 is 18.8 Å². The van der Waals surface area contributed by atoms with Crippen LogP contribution in [-0.4, -0.2) is 38.4 Å². The standard InChI is InChI=1S/C29H39FN2O.C2H3NO2.C2H6.CH5N/c1-4-13-22(2)26-16-12-15-25(29(26)30)14-10-8-6-5-7-9-11-19-32-28-20-24(21-33)17-18-27(28)23(3)31;4-1-3-2-5;2*1-2/h15,17-18,20-22,31-32H,4-9,11-13,16,19H2,1-3H3;1-2H,(H,3,4,5);1-2H3;2H2,1H3. The lowest BCUT2D eigenvalue weighted by atomic mass is 9.87. The summed E-state index contributed by atoms with van der Waals surface area (Å²) in [6, 6.07) is 5.38. The summed E-state index contributed by atoms with van der Waals surface area (Å²) in [4.78, 5) is 29.1. The van der Waals surface area contributed by atoms with Crippen LogP contribution < -0.4 is 16.4 Å². The number of anilines is 1. The molecule has 8 heteroatoms. The highest BCUT2D eigenvalue weighted by Crippen LogP contribution is 2.33. The first-order valence-corrected chi connectivity index (χ1v) is 15.1. The van der Waals surface area contributed by atoms with Crippen LogP contribution in [0.5, 0.6) is 0 Å². The summed E-state index contributed by atoms with van der Waals surface area (Å²) in [5.74, 6) is 6.49. The van der Waals surface area contributed by atoms with Crippen molar-refractivity contribution in [3.05, 3.63) is 52.4 Å². The molecule has 1 atom stereocenters. The number of carbonyl (C=O) groups excluding carboxylic acids is 3. The van der Waals surface area contributed by atoms with E-state index >= 15 is 0 Å². The van der Waals surface area contributed by atoms with E-state index in [4.69, 9.17) is 15.0 Å². The largest absolute Gasteiger partial charge is 0.384 e. The number of nitrogens with two attached hydrogens (primary N) is 1. The molecule has 0 radical (unpaired) electrons. The van der Waals surface area contributed by atoms with Gasteiger partial charge < -0.3 is 21.8 Å². The Kier molecular flexibility index (Phi) is 26.7. The van der Waals surface area contributed by atoms with Gasteiger partial charge in [-0.1, -0.05) is 83.4 Å². The number of unbranched alkanes of at least 4 members (excludes halogenated alkanes) is 5. The first kappa shape index (κ1) is 40.6. The first-order valence-electron chi connectivity index (χ1n) is 15.1. The molecule has 1 aliphatic carbocycles. The van der Waals surface area contributed by atoms with E-state index in [2.05, 4.69) is 36.7 Å². The molecule has 0 heterocycles. The van der Waals surface area contributed by atoms with Gasteiger partial charge in [0.15, 0.2) is 0 Å². The van der Waals surface area contributed by atoms with Crippen LogP contribution >= 0.6 is 0 Å². The molecule has 0 aliphatic heterocycles. The molecule has 2 rings (SSSR count). The summed E-state index contributed by atoms with van der Waals surface area (Å²) in [5, 5.41) is 13.0. The number of allylic oxidation sites excluding steroid dienone is 4. The Morgan fingerprint density at radius 2 is 1.74 bits per heavy atom. The summed E-state index contributed by atoms with van der Waals surface area (Å²) >= 11 is 0. The van der Waals surface area contributed by atoms with E-state index in [-0.39, 0.29) is 5.83 Å². The van der Waals surface area contributed by atoms with E-state index in [0.717, 1.165) is 93.9 Å². The molecule has 234 valence electrons. The lowest BCUT2D eigenvalue weighted by Crippen LogP contribution is -2.07. The second-order valence-electron chi connectivity index (χ2n) is 9.38. The third kappa shape index (κ3) is 17.3. The molecule has 1 aromatic carbocycles. The molecule has 2 amide bonds. The van der Waals surface area contributed by atoms with Gasteiger partial charge in [-0.2, -0.15) is 0 Å². The highest BCUT2D eigenvalue weighted by molar-refractivity contribution is 6.02. The maximum atomic E-state index is 14.7. The summed E-state index contributed by atoms with van der Waals surface area (Å²) in [6.45, 7) is 10.8. The van der Waals surface area contributed by atoms with Gasteiger partial charge in [-0.3, -0.25) is 14.4 Å². The van der Waals surface area contributed by atoms with E-state index in [1.54, 1.807) is 18.3 Å². The number of hydrogen-bond acceptors (Lipinski definition) is 6. The molecular weight excluding hydrogens is 531 g/mol. The highest BCUT2D eigenvalue weighted by Gasteiger charge is 2.19. The van der Waals surface area contributed by atoms with Crippen LogP contribution in [0.15, 0.2) is 41.2 Å². The third-order valence-electron chi connectivity index (χ3n) is 6.33. The summed E-state index contributed by atoms with van der Waals surface area (Å²) in [7, 11) is 1.50. The monoisotopic (exact) mass is 584 g/mol. The molecule has 5 N–H and O–H groups in total. The Morgan fingerprint density at radius 3 is 2.31 bits per heavy atom. The van der Waals surface area contributed by atoms with Crippen molar-refractivity contribution in [1.82, 2.24) is 5.32 Å². The van der Waals surface area contributed by atoms with Gasteiger partial charge in [0.25, 0.3) is 0 Å². The van der Waals surface area contributed by atoms with Crippen molar-refractivity contribution in [2.24, 2.45) is 11.7 Å². The molecule has 0 aromatic heterocycles. The second kappa shape index (κ2) is 27.6. The Bertz CT molecular complexity index is 1050. The number of rotatable bonds is 15. The van der Waals surface area contributed by atoms with Gasteiger partial charge in [0, 0.05) is 35.5 Å². The van der Waals surface area contributed by atoms with Gasteiger partial charge in [0.2, 0.25) is 12.8 Å². The lowest BCUT2D eigenvalue weighted by molar-refractivity contribution is -0.117. The maximum absolute atomic E-state index is 14.7. The summed E-state index contributed by atoms with van der Waals surface area (Å²) < 4.78 is 14.7. The number of nitrogens with one attached hydrogen (secondary N) is 3. The predicted octanol–water partition coefficient (Wildman–Crippen LogP) is 7.51. The Labute approximate surface area is 253 Å². The minimum Gasteiger partial charge on any atom is -0.384 e. The SMILES string of the molecule is CC.CCCC(C)C1=C(F)C(C#CCCCCCCCNc2cc(C=O)ccc2C(C)=N)=CCC1.CN.O=CNC=O. The molecule has 0 saturated heterocycles. The van der Waals surface area contributed by atoms with Crippen molar-refractivity contribution in [1.29, 1.82) is 5.41 Å². The van der Waals surface area contributed by atoms with Crippen LogP contribution in [0.25, 0.3) is 0 Å². The van der Waals surface area contributed by atoms with E-state index in [9.17, 15) is 9.18 Å². The van der Waals surface area contributed by atoms with Gasteiger partial charge in [0.1, 0.15) is 12.1 Å². The number of benzene rings is 1. The number of amides is 2. The lowest BCUT2D eigenvalue weighted by Gasteiger charge is -2.19. The fourth-order valence-electron chi connectivity index (χ4n) is 4.31. The zero-order valence-corrected chi connectivity index (χ0v) is 26.6. The molecule has 0 fully saturated rings. The second-order valence-corrected chi connectivity index (χ2v) is 9.38. The Hall–Kier alpha value is -3.57. The number of imide groups is 1. The van der Waals surface area contributed by atoms with Crippen LogP contribution in [0.4, 0.5) is 10.1 Å². The molecule has 0 bridgehead atoms. The fraction of sp³-hybridized carbons (Fsp3) is 0.529. The molecule has 0 spiro atoms. The molecule has 0 saturated carbocycles. The van der Waals surface area contributed by atoms with E-state index in [0.29, 0.717) is 35.6 Å². The van der Waals surface area contributed by atoms with Gasteiger partial charge in [-0.05, 0) is 63.6 Å². The molecular formula is C34H53FN4O3. The zero-order valence-electron chi connectivity index (χ0n) is 26.6. The minimum atomic E-state index is -0.0674. The van der Waals surface area contributed by atoms with Crippen molar-refractivity contribution in [2.45, 2.75) is 98.8 Å². The number of aldehydes is 1. The average Bonchev–Trinajstić information content (AvgIpc) is 3.01. The predicted molar refractivity (Wildman–Crippen MR) is 175 cm³/mol. The van der Waals surface area contributed by atoms with Crippen molar-refractivity contribution >= 4 is 30.5 Å². The van der Waals surface area contributed by atoms with Crippen molar-refractivity contribution in [2.75, 3.05) is 18.9 Å². The zero-order chi connectivity index (χ0) is 32.2. The molecule has 1 unspecified atom stereocenters. The summed E-state index contributed by atoms with van der Waals surface area (Å²) in [6.07, 6.45) is 13.5. The smallest absolute Gasteiger partial charge is 0.213 e. The van der Waals surface area contributed by atoms with Crippen molar-refractivity contribution in [3.8, 4) is 11.8 Å². The number of halogens is 1. The number of hydrogen-bond donors (Lipinski definition) is 4. The quantitative estimate of drug-likeness (QED) is 0.0735. The topological polar surface area (TPSA) is 125 Å². The Balaban J connectivity index is 0. The normalized spacial score (nSPS) is 12.1. The van der Waals surface area contributed by atoms with Crippen LogP contribution in [0.1, 0.15) is 115 Å². The average molecular weight is 585 g/mol. The first-order chi connectivity index (χ1) is 20.4. The highest BCUT2D eigenvalue weighted by atomic mass is 19.1. The van der Waals surface area contributed by atoms with Crippen LogP contribution in [0, 0.1) is 23.2 Å². The molecule has 1 aromatic rings. The van der Waals surface area contributed by atoms with Gasteiger partial charge >= 0.3 is 0 Å². The van der Waals surface area contributed by atoms with Gasteiger partial charge in [-0.25, -0.2) is 4.39 Å². The molecule has 7 nitrogen and oxygen atoms in total. The van der Waals surface area contributed by atoms with Crippen LogP contribution in [-0.2, 0) is 9.59 Å². The molecule has 1 aliphatic rings. The van der Waals surface area contributed by atoms with Gasteiger partial charge in [0.05, 0.1) is 5.57 Å². The van der Waals surface area contributed by atoms with Gasteiger partial charge in [-0.15, -0.1) is 0 Å². The van der Waals surface area contributed by atoms with E-state index in [1.807, 2.05) is 32.1 Å². The fourth-order valence-corrected chi connectivity index (χ4v) is 4.31. The number of carbonyl (C=O) groups is 3. The summed E-state index contributed by atoms with van der Waals surface area (Å²) in [5.41, 5.74) is 8.86. The van der Waals surface area contributed by atoms with Crippen LogP contribution in [0.3, 0.4) is 0 Å². The van der Waals surface area contributed by atoms with Crippen LogP contribution in [0.2, 0.25) is 0 Å². The molecule has 42 heavy (non-hydrogen) atoms. The van der Waals surface area contributed by atoms with Crippen molar-refractivity contribution in [3.63, 3.8) is 0 Å². The van der Waals surface area contributed by atoms with E-state index < -0.39 is 0 Å². The third-order valence-corrected chi connectivity index (χ3v) is 6.33. The Morgan fingerprint density at radius 1 is 1.10 bits per heavy atom. The minimum absolute atomic E-state index is 0.0674. The van der Waals surface area contributed by atoms with E-state index in [1.165, 1.54) is 7.05 Å². The maximum Gasteiger partial charge on any atom is 0.213 e.